The molecule has 49 heavy (non-hydrogen) atoms. The summed E-state index contributed by atoms with van der Waals surface area (Å²) < 4.78 is 49.4. The van der Waals surface area contributed by atoms with Crippen LogP contribution >= 0.6 is 0 Å². The molecule has 5 saturated heterocycles. The van der Waals surface area contributed by atoms with E-state index in [2.05, 4.69) is 11.8 Å². The number of ether oxygens (including phenoxy) is 8. The lowest BCUT2D eigenvalue weighted by Gasteiger charge is -2.52. The third kappa shape index (κ3) is 8.35. The molecular weight excluding hydrogens is 640 g/mol. The van der Waals surface area contributed by atoms with Gasteiger partial charge < -0.3 is 42.8 Å². The van der Waals surface area contributed by atoms with Crippen molar-refractivity contribution in [1.82, 2.24) is 9.80 Å². The van der Waals surface area contributed by atoms with Crippen LogP contribution in [0.1, 0.15) is 88.5 Å². The first-order valence-corrected chi connectivity index (χ1v) is 17.6. The highest BCUT2D eigenvalue weighted by Crippen LogP contribution is 2.43. The lowest BCUT2D eigenvalue weighted by atomic mass is 9.78. The number of hydrogen-bond donors (Lipinski definition) is 0. The fourth-order valence-corrected chi connectivity index (χ4v) is 8.38. The molecule has 5 rings (SSSR count). The van der Waals surface area contributed by atoms with Gasteiger partial charge in [-0.1, -0.05) is 20.8 Å². The van der Waals surface area contributed by atoms with E-state index < -0.39 is 83.9 Å². The van der Waals surface area contributed by atoms with Gasteiger partial charge in [0.1, 0.15) is 18.9 Å². The fourth-order valence-electron chi connectivity index (χ4n) is 8.38. The molecule has 14 nitrogen and oxygen atoms in total. The number of likely N-dealkylation sites (N-methyl/N-ethyl adjacent to an activating group) is 1. The Bertz CT molecular complexity index is 1220. The quantitative estimate of drug-likeness (QED) is 0.293. The highest BCUT2D eigenvalue weighted by molar-refractivity contribution is 5.74. The van der Waals surface area contributed by atoms with E-state index in [1.165, 1.54) is 13.8 Å². The molecule has 5 fully saturated rings. The number of rotatable bonds is 6. The maximum absolute atomic E-state index is 14.0. The highest BCUT2D eigenvalue weighted by atomic mass is 16.8. The van der Waals surface area contributed by atoms with Crippen molar-refractivity contribution in [2.45, 2.75) is 155 Å². The molecule has 0 aromatic carbocycles. The van der Waals surface area contributed by atoms with E-state index >= 15 is 0 Å². The summed E-state index contributed by atoms with van der Waals surface area (Å²) in [7, 11) is 3.83. The number of esters is 3. The van der Waals surface area contributed by atoms with E-state index in [1.807, 2.05) is 53.6 Å². The average Bonchev–Trinajstić information content (AvgIpc) is 3.32. The Morgan fingerprint density at radius 3 is 2.18 bits per heavy atom. The molecule has 1 unspecified atom stereocenters. The van der Waals surface area contributed by atoms with Crippen molar-refractivity contribution in [2.24, 2.45) is 17.8 Å². The molecule has 2 bridgehead atoms. The molecule has 0 aliphatic carbocycles. The van der Waals surface area contributed by atoms with Crippen LogP contribution in [0.15, 0.2) is 0 Å². The number of fused-ring (bicyclic) bond motifs is 9. The molecule has 0 N–H and O–H groups in total. The molecule has 0 spiro atoms. The highest BCUT2D eigenvalue weighted by Gasteiger charge is 2.58. The van der Waals surface area contributed by atoms with Gasteiger partial charge in [0.15, 0.2) is 24.1 Å². The number of nitrogens with zero attached hydrogens (tertiary/aromatic N) is 2. The minimum Gasteiger partial charge on any atom is -0.461 e. The van der Waals surface area contributed by atoms with Gasteiger partial charge in [0.2, 0.25) is 0 Å². The van der Waals surface area contributed by atoms with Crippen molar-refractivity contribution in [1.29, 1.82) is 0 Å². The van der Waals surface area contributed by atoms with Crippen molar-refractivity contribution in [3.8, 4) is 0 Å². The summed E-state index contributed by atoms with van der Waals surface area (Å²) in [5.41, 5.74) is -2.23. The molecular formula is C35H58N2O12. The van der Waals surface area contributed by atoms with Crippen LogP contribution in [0.25, 0.3) is 0 Å². The Hall–Kier alpha value is -2.52. The van der Waals surface area contributed by atoms with Gasteiger partial charge in [-0.2, -0.15) is 0 Å². The van der Waals surface area contributed by atoms with Crippen molar-refractivity contribution >= 4 is 24.1 Å². The van der Waals surface area contributed by atoms with E-state index in [-0.39, 0.29) is 30.8 Å². The number of carbonyl (C=O) groups is 4. The second-order valence-electron chi connectivity index (χ2n) is 15.2. The van der Waals surface area contributed by atoms with Gasteiger partial charge in [0, 0.05) is 38.3 Å². The zero-order chi connectivity index (χ0) is 36.6. The van der Waals surface area contributed by atoms with Crippen LogP contribution in [0.3, 0.4) is 0 Å². The first-order valence-electron chi connectivity index (χ1n) is 17.6. The van der Waals surface area contributed by atoms with Gasteiger partial charge in [0.05, 0.1) is 29.8 Å². The summed E-state index contributed by atoms with van der Waals surface area (Å²) in [4.78, 5) is 55.7. The standard InChI is InChI=1S/C35H58N2O12/c1-13-26-35(10)29(48-33(41)49-35)18(2)16-37-17-42-34(9,15-19(37)3)30(21(5)27(44-23(7)38)22(6)31(40)46-26)47-32-28(45-24(8)39)25(36(11)12)14-20(4)43-32/h18-22,25-30,32H,13-17H2,1-12H3/t18-,19+,20+,21-,22+,25-,26+,27-,28+,29+,30+,32-,34+,35+/m0/s1. The van der Waals surface area contributed by atoms with Gasteiger partial charge >= 0.3 is 24.1 Å². The van der Waals surface area contributed by atoms with Gasteiger partial charge in [0.25, 0.3) is 0 Å². The molecule has 280 valence electrons. The molecule has 5 heterocycles. The molecule has 0 amide bonds. The summed E-state index contributed by atoms with van der Waals surface area (Å²) in [5, 5.41) is 0. The summed E-state index contributed by atoms with van der Waals surface area (Å²) in [6.07, 6.45) is -4.71. The maximum atomic E-state index is 14.0. The van der Waals surface area contributed by atoms with Crippen LogP contribution in [0, 0.1) is 17.8 Å². The Balaban J connectivity index is 1.81. The van der Waals surface area contributed by atoms with Crippen molar-refractivity contribution in [3.63, 3.8) is 0 Å². The molecule has 0 aromatic heterocycles. The van der Waals surface area contributed by atoms with Crippen molar-refractivity contribution in [3.05, 3.63) is 0 Å². The predicted molar refractivity (Wildman–Crippen MR) is 175 cm³/mol. The topological polar surface area (TPSA) is 149 Å². The van der Waals surface area contributed by atoms with E-state index in [0.717, 1.165) is 0 Å². The zero-order valence-electron chi connectivity index (χ0n) is 31.3. The average molecular weight is 699 g/mol. The van der Waals surface area contributed by atoms with Crippen molar-refractivity contribution < 1.29 is 57.1 Å². The van der Waals surface area contributed by atoms with Crippen LogP contribution in [0.2, 0.25) is 0 Å². The third-order valence-corrected chi connectivity index (χ3v) is 10.9. The second kappa shape index (κ2) is 15.4. The van der Waals surface area contributed by atoms with Crippen LogP contribution in [-0.4, -0.2) is 127 Å². The fraction of sp³-hybridized carbons (Fsp3) is 0.886. The lowest BCUT2D eigenvalue weighted by Crippen LogP contribution is -2.63. The smallest absolute Gasteiger partial charge is 0.461 e. The molecule has 0 aromatic rings. The van der Waals surface area contributed by atoms with Gasteiger partial charge in [-0.05, 0) is 68.0 Å². The Morgan fingerprint density at radius 2 is 1.61 bits per heavy atom. The summed E-state index contributed by atoms with van der Waals surface area (Å²) in [6.45, 7) is 18.4. The molecule has 0 saturated carbocycles. The Labute approximate surface area is 290 Å². The summed E-state index contributed by atoms with van der Waals surface area (Å²) in [5.74, 6) is -3.51. The van der Waals surface area contributed by atoms with Crippen LogP contribution in [0.4, 0.5) is 4.79 Å². The Morgan fingerprint density at radius 1 is 0.980 bits per heavy atom. The van der Waals surface area contributed by atoms with E-state index in [9.17, 15) is 19.2 Å². The molecule has 14 heteroatoms. The predicted octanol–water partition coefficient (Wildman–Crippen LogP) is 3.66. The first kappa shape index (κ1) is 39.3. The molecule has 15 atom stereocenters. The third-order valence-electron chi connectivity index (χ3n) is 10.9. The number of carbonyl (C=O) groups excluding carboxylic acids is 4. The minimum absolute atomic E-state index is 0.0247. The lowest BCUT2D eigenvalue weighted by molar-refractivity contribution is -0.314. The van der Waals surface area contributed by atoms with Crippen LogP contribution in [-0.2, 0) is 52.3 Å². The minimum atomic E-state index is -1.26. The molecule has 5 aliphatic rings. The number of hydrogen-bond acceptors (Lipinski definition) is 14. The SMILES string of the molecule is CC[C@H]1OC(=O)[C@H](C)[C@@H](OC(C)=O)[C@H](C)[C@@H](O[C@@H]2O[C@H](C)C[C@H](N(C)C)[C@H]2OC(C)=O)[C@@]2(C)C[C@@H](C)N(CO2)C[C@H](C)[C@H]2OC(=O)O[C@@]21C. The molecule has 0 radical (unpaired) electrons. The van der Waals surface area contributed by atoms with Gasteiger partial charge in [-0.15, -0.1) is 0 Å². The van der Waals surface area contributed by atoms with Crippen LogP contribution in [0.5, 0.6) is 0 Å². The van der Waals surface area contributed by atoms with Gasteiger partial charge in [-0.3, -0.25) is 19.3 Å². The van der Waals surface area contributed by atoms with E-state index in [4.69, 9.17) is 37.9 Å². The first-order chi connectivity index (χ1) is 22.8. The monoisotopic (exact) mass is 698 g/mol. The van der Waals surface area contributed by atoms with Crippen molar-refractivity contribution in [2.75, 3.05) is 27.4 Å². The summed E-state index contributed by atoms with van der Waals surface area (Å²) >= 11 is 0. The summed E-state index contributed by atoms with van der Waals surface area (Å²) in [6, 6.07) is -0.226. The maximum Gasteiger partial charge on any atom is 0.509 e. The Kier molecular flexibility index (Phi) is 12.3. The molecule has 5 aliphatic heterocycles. The normalized spacial score (nSPS) is 44.9. The largest absolute Gasteiger partial charge is 0.509 e. The second-order valence-corrected chi connectivity index (χ2v) is 15.2. The van der Waals surface area contributed by atoms with E-state index in [0.29, 0.717) is 25.8 Å². The van der Waals surface area contributed by atoms with Gasteiger partial charge in [-0.25, -0.2) is 4.79 Å². The van der Waals surface area contributed by atoms with E-state index in [1.54, 1.807) is 13.8 Å². The zero-order valence-corrected chi connectivity index (χ0v) is 31.3. The van der Waals surface area contributed by atoms with Crippen LogP contribution < -0.4 is 0 Å².